The molecule has 0 aliphatic carbocycles. The largest absolute Gasteiger partial charge is 0.322 e. The number of thiophene rings is 1. The van der Waals surface area contributed by atoms with Crippen molar-refractivity contribution in [3.63, 3.8) is 0 Å². The number of benzene rings is 1. The molecule has 0 radical (unpaired) electrons. The number of ketones is 1. The second kappa shape index (κ2) is 3.90. The summed E-state index contributed by atoms with van der Waals surface area (Å²) < 4.78 is 1.27. The molecule has 2 aliphatic rings. The lowest BCUT2D eigenvalue weighted by molar-refractivity contribution is -0.935. The number of nitrogens with one attached hydrogen (secondary N) is 1. The summed E-state index contributed by atoms with van der Waals surface area (Å²) in [5.74, 6) is 0.409. The molecular formula is C15H16NOS+. The van der Waals surface area contributed by atoms with Crippen LogP contribution in [0.25, 0.3) is 10.1 Å². The third-order valence-corrected chi connectivity index (χ3v) is 5.60. The van der Waals surface area contributed by atoms with Gasteiger partial charge >= 0.3 is 0 Å². The Balaban J connectivity index is 1.91. The summed E-state index contributed by atoms with van der Waals surface area (Å²) in [4.78, 5) is 15.2. The lowest BCUT2D eigenvalue weighted by atomic mass is 9.91. The number of hydrogen-bond acceptors (Lipinski definition) is 2. The van der Waals surface area contributed by atoms with E-state index in [2.05, 4.69) is 24.3 Å². The lowest BCUT2D eigenvalue weighted by Crippen LogP contribution is -3.17. The van der Waals surface area contributed by atoms with E-state index < -0.39 is 0 Å². The summed E-state index contributed by atoms with van der Waals surface area (Å²) in [6.45, 7) is 2.22. The second-order valence-electron chi connectivity index (χ2n) is 5.40. The Kier molecular flexibility index (Phi) is 2.32. The van der Waals surface area contributed by atoms with E-state index in [1.54, 1.807) is 11.3 Å². The van der Waals surface area contributed by atoms with Crippen molar-refractivity contribution < 1.29 is 9.69 Å². The quantitative estimate of drug-likeness (QED) is 0.767. The van der Waals surface area contributed by atoms with Crippen LogP contribution >= 0.6 is 11.3 Å². The van der Waals surface area contributed by atoms with Gasteiger partial charge in [-0.05, 0) is 18.9 Å². The minimum Gasteiger partial charge on any atom is -0.322 e. The molecule has 0 spiro atoms. The fourth-order valence-corrected chi connectivity index (χ4v) is 4.68. The molecular weight excluding hydrogens is 242 g/mol. The molecule has 0 saturated carbocycles. The number of hydrogen-bond donors (Lipinski definition) is 1. The number of carbonyl (C=O) groups excluding carboxylic acids is 1. The van der Waals surface area contributed by atoms with Crippen LogP contribution in [0, 0.1) is 0 Å². The van der Waals surface area contributed by atoms with Crippen molar-refractivity contribution in [1.82, 2.24) is 0 Å². The van der Waals surface area contributed by atoms with Crippen molar-refractivity contribution in [2.45, 2.75) is 31.8 Å². The normalized spacial score (nSPS) is 27.0. The van der Waals surface area contributed by atoms with E-state index in [1.165, 1.54) is 39.9 Å². The highest BCUT2D eigenvalue weighted by Crippen LogP contribution is 2.34. The first-order valence-electron chi connectivity index (χ1n) is 6.74. The van der Waals surface area contributed by atoms with Crippen molar-refractivity contribution >= 4 is 27.2 Å². The molecule has 0 bridgehead atoms. The molecule has 1 aromatic carbocycles. The Morgan fingerprint density at radius 1 is 1.22 bits per heavy atom. The van der Waals surface area contributed by atoms with Crippen LogP contribution in [0.4, 0.5) is 0 Å². The summed E-state index contributed by atoms with van der Waals surface area (Å²) in [5.41, 5.74) is 1.31. The van der Waals surface area contributed by atoms with Crippen LogP contribution in [0.3, 0.4) is 0 Å². The van der Waals surface area contributed by atoms with E-state index in [0.29, 0.717) is 5.78 Å². The molecule has 0 amide bonds. The average Bonchev–Trinajstić information content (AvgIpc) is 2.79. The molecule has 1 unspecified atom stereocenters. The van der Waals surface area contributed by atoms with Gasteiger partial charge in [0.05, 0.1) is 11.4 Å². The van der Waals surface area contributed by atoms with Crippen LogP contribution in [0.1, 0.15) is 34.5 Å². The highest BCUT2D eigenvalue weighted by molar-refractivity contribution is 7.21. The van der Waals surface area contributed by atoms with E-state index in [0.717, 1.165) is 17.8 Å². The van der Waals surface area contributed by atoms with Gasteiger partial charge in [0.2, 0.25) is 5.78 Å². The lowest BCUT2D eigenvalue weighted by Gasteiger charge is -2.34. The molecule has 1 N–H and O–H groups in total. The molecule has 3 heterocycles. The predicted molar refractivity (Wildman–Crippen MR) is 73.3 cm³/mol. The van der Waals surface area contributed by atoms with Crippen LogP contribution in [0.15, 0.2) is 24.3 Å². The fraction of sp³-hybridized carbons (Fsp3) is 0.400. The summed E-state index contributed by atoms with van der Waals surface area (Å²) in [6.07, 6.45) is 3.58. The number of carbonyl (C=O) groups is 1. The zero-order valence-electron chi connectivity index (χ0n) is 10.2. The second-order valence-corrected chi connectivity index (χ2v) is 6.46. The van der Waals surface area contributed by atoms with Gasteiger partial charge in [-0.2, -0.15) is 0 Å². The monoisotopic (exact) mass is 258 g/mol. The first kappa shape index (κ1) is 10.7. The van der Waals surface area contributed by atoms with E-state index in [4.69, 9.17) is 0 Å². The van der Waals surface area contributed by atoms with Crippen molar-refractivity contribution in [3.8, 4) is 0 Å². The van der Waals surface area contributed by atoms with Gasteiger partial charge in [-0.25, -0.2) is 0 Å². The average molecular weight is 258 g/mol. The van der Waals surface area contributed by atoms with Crippen molar-refractivity contribution in [1.29, 1.82) is 0 Å². The molecule has 2 nitrogen and oxygen atoms in total. The number of fused-ring (bicyclic) bond motifs is 4. The summed E-state index contributed by atoms with van der Waals surface area (Å²) in [7, 11) is 0. The molecule has 92 valence electrons. The number of Topliss-reactive ketones (excluding diaryl/α,β-unsaturated/α-hetero) is 1. The van der Waals surface area contributed by atoms with Crippen molar-refractivity contribution in [2.24, 2.45) is 0 Å². The Bertz CT molecular complexity index is 630. The van der Waals surface area contributed by atoms with Crippen molar-refractivity contribution in [3.05, 3.63) is 34.7 Å². The molecule has 1 saturated heterocycles. The van der Waals surface area contributed by atoms with E-state index in [-0.39, 0.29) is 6.04 Å². The smallest absolute Gasteiger partial charge is 0.230 e. The number of rotatable bonds is 0. The molecule has 2 aliphatic heterocycles. The maximum absolute atomic E-state index is 12.6. The Morgan fingerprint density at radius 3 is 3.06 bits per heavy atom. The predicted octanol–water partition coefficient (Wildman–Crippen LogP) is 2.04. The minimum atomic E-state index is 0.249. The van der Waals surface area contributed by atoms with E-state index >= 15 is 0 Å². The zero-order chi connectivity index (χ0) is 12.1. The Labute approximate surface area is 110 Å². The van der Waals surface area contributed by atoms with Crippen LogP contribution in [-0.2, 0) is 6.54 Å². The highest BCUT2D eigenvalue weighted by Gasteiger charge is 2.40. The standard InChI is InChI=1S/C15H15NOS/c17-14-12-6-3-4-8-16(12)9-11-10-5-1-2-7-13(10)18-15(11)14/h1-2,5,7,12H,3-4,6,8-9H2/p+1/t12-/m0/s1. The first-order chi connectivity index (χ1) is 8.84. The topological polar surface area (TPSA) is 21.5 Å². The summed E-state index contributed by atoms with van der Waals surface area (Å²) in [6, 6.07) is 8.70. The van der Waals surface area contributed by atoms with Crippen LogP contribution in [0.2, 0.25) is 0 Å². The maximum Gasteiger partial charge on any atom is 0.230 e. The third-order valence-electron chi connectivity index (χ3n) is 4.38. The summed E-state index contributed by atoms with van der Waals surface area (Å²) in [5, 5.41) is 1.31. The van der Waals surface area contributed by atoms with Gasteiger partial charge in [-0.3, -0.25) is 4.79 Å². The number of quaternary nitrogens is 1. The van der Waals surface area contributed by atoms with Crippen LogP contribution < -0.4 is 4.90 Å². The molecule has 1 aromatic heterocycles. The Hall–Kier alpha value is -1.19. The maximum atomic E-state index is 12.6. The van der Waals surface area contributed by atoms with E-state index in [9.17, 15) is 4.79 Å². The van der Waals surface area contributed by atoms with Gasteiger partial charge in [-0.15, -0.1) is 11.3 Å². The SMILES string of the molecule is O=C1c2sc3ccccc3c2C[NH+]2CCCC[C@@H]12. The van der Waals surface area contributed by atoms with Gasteiger partial charge in [-0.1, -0.05) is 18.2 Å². The molecule has 1 fully saturated rings. The van der Waals surface area contributed by atoms with Crippen LogP contribution in [0.5, 0.6) is 0 Å². The Morgan fingerprint density at radius 2 is 2.11 bits per heavy atom. The summed E-state index contributed by atoms with van der Waals surface area (Å²) >= 11 is 1.70. The van der Waals surface area contributed by atoms with Gasteiger partial charge < -0.3 is 4.90 Å². The molecule has 2 aromatic rings. The fourth-order valence-electron chi connectivity index (χ4n) is 3.47. The molecule has 3 heteroatoms. The van der Waals surface area contributed by atoms with Gasteiger partial charge in [0.15, 0.2) is 6.04 Å². The minimum absolute atomic E-state index is 0.249. The van der Waals surface area contributed by atoms with Gasteiger partial charge in [0.25, 0.3) is 0 Å². The zero-order valence-corrected chi connectivity index (χ0v) is 11.1. The number of piperidine rings is 1. The first-order valence-corrected chi connectivity index (χ1v) is 7.55. The van der Waals surface area contributed by atoms with Gasteiger partial charge in [0.1, 0.15) is 6.54 Å². The van der Waals surface area contributed by atoms with E-state index in [1.807, 2.05) is 0 Å². The molecule has 18 heavy (non-hydrogen) atoms. The van der Waals surface area contributed by atoms with Crippen LogP contribution in [-0.4, -0.2) is 18.4 Å². The third kappa shape index (κ3) is 1.41. The van der Waals surface area contributed by atoms with Gasteiger partial charge in [0, 0.05) is 22.1 Å². The highest BCUT2D eigenvalue weighted by atomic mass is 32.1. The van der Waals surface area contributed by atoms with Crippen molar-refractivity contribution in [2.75, 3.05) is 6.54 Å². The molecule has 4 rings (SSSR count). The molecule has 2 atom stereocenters.